The second-order valence-corrected chi connectivity index (χ2v) is 7.20. The van der Waals surface area contributed by atoms with Gasteiger partial charge in [0.15, 0.2) is 6.61 Å². The van der Waals surface area contributed by atoms with Gasteiger partial charge in [0.2, 0.25) is 0 Å². The van der Waals surface area contributed by atoms with Gasteiger partial charge in [-0.25, -0.2) is 0 Å². The second kappa shape index (κ2) is 10.3. The summed E-state index contributed by atoms with van der Waals surface area (Å²) in [5.74, 6) is 0.700. The number of aryl methyl sites for hydroxylation is 1. The predicted octanol–water partition coefficient (Wildman–Crippen LogP) is 4.51. The minimum absolute atomic E-state index is 0.107. The molecule has 1 unspecified atom stereocenters. The zero-order chi connectivity index (χ0) is 22.2. The summed E-state index contributed by atoms with van der Waals surface area (Å²) >= 11 is 0. The normalized spacial score (nSPS) is 11.3. The molecule has 1 atom stereocenters. The fourth-order valence-electron chi connectivity index (χ4n) is 2.97. The van der Waals surface area contributed by atoms with E-state index in [1.807, 2.05) is 38.1 Å². The van der Waals surface area contributed by atoms with Crippen molar-refractivity contribution in [3.05, 3.63) is 89.5 Å². The van der Waals surface area contributed by atoms with E-state index in [2.05, 4.69) is 10.6 Å². The summed E-state index contributed by atoms with van der Waals surface area (Å²) in [6.45, 7) is 3.83. The zero-order valence-electron chi connectivity index (χ0n) is 17.8. The number of hydrogen-bond donors (Lipinski definition) is 2. The Morgan fingerprint density at radius 3 is 2.32 bits per heavy atom. The van der Waals surface area contributed by atoms with Crippen LogP contribution in [-0.4, -0.2) is 25.5 Å². The molecule has 0 saturated carbocycles. The Morgan fingerprint density at radius 1 is 0.935 bits per heavy atom. The van der Waals surface area contributed by atoms with Crippen LogP contribution in [0.5, 0.6) is 11.5 Å². The molecular weight excluding hydrogens is 392 g/mol. The van der Waals surface area contributed by atoms with Crippen LogP contribution in [0.3, 0.4) is 0 Å². The highest BCUT2D eigenvalue weighted by molar-refractivity contribution is 5.94. The average Bonchev–Trinajstić information content (AvgIpc) is 2.78. The lowest BCUT2D eigenvalue weighted by molar-refractivity contribution is -0.118. The largest absolute Gasteiger partial charge is 0.497 e. The first kappa shape index (κ1) is 21.9. The Morgan fingerprint density at radius 2 is 1.65 bits per heavy atom. The van der Waals surface area contributed by atoms with E-state index in [0.29, 0.717) is 22.7 Å². The molecule has 0 aliphatic heterocycles. The van der Waals surface area contributed by atoms with E-state index >= 15 is 0 Å². The Labute approximate surface area is 182 Å². The first-order chi connectivity index (χ1) is 14.9. The molecule has 0 radical (unpaired) electrons. The predicted molar refractivity (Wildman–Crippen MR) is 121 cm³/mol. The molecule has 3 rings (SSSR count). The number of anilines is 1. The number of amides is 2. The summed E-state index contributed by atoms with van der Waals surface area (Å²) in [7, 11) is 1.57. The average molecular weight is 418 g/mol. The quantitative estimate of drug-likeness (QED) is 0.564. The summed E-state index contributed by atoms with van der Waals surface area (Å²) in [4.78, 5) is 24.6. The number of carbonyl (C=O) groups excluding carboxylic acids is 2. The lowest BCUT2D eigenvalue weighted by atomic mass is 10.1. The van der Waals surface area contributed by atoms with Crippen molar-refractivity contribution in [3.8, 4) is 11.5 Å². The van der Waals surface area contributed by atoms with Gasteiger partial charge in [0.25, 0.3) is 11.8 Å². The number of ether oxygens (including phenoxy) is 2. The van der Waals surface area contributed by atoms with E-state index in [0.717, 1.165) is 5.56 Å². The Balaban J connectivity index is 1.50. The van der Waals surface area contributed by atoms with E-state index in [4.69, 9.17) is 9.47 Å². The number of methoxy groups -OCH3 is 1. The van der Waals surface area contributed by atoms with Crippen LogP contribution in [0, 0.1) is 6.92 Å². The van der Waals surface area contributed by atoms with E-state index in [1.54, 1.807) is 55.6 Å². The summed E-state index contributed by atoms with van der Waals surface area (Å²) in [6.07, 6.45) is 0. The number of hydrogen-bond acceptors (Lipinski definition) is 4. The molecule has 0 saturated heterocycles. The van der Waals surface area contributed by atoms with Gasteiger partial charge >= 0.3 is 0 Å². The molecule has 0 aliphatic carbocycles. The first-order valence-corrected chi connectivity index (χ1v) is 9.99. The zero-order valence-corrected chi connectivity index (χ0v) is 17.8. The van der Waals surface area contributed by atoms with Gasteiger partial charge in [-0.05, 0) is 55.8 Å². The molecule has 31 heavy (non-hydrogen) atoms. The van der Waals surface area contributed by atoms with Crippen LogP contribution >= 0.6 is 0 Å². The molecule has 0 fully saturated rings. The Hall–Kier alpha value is -3.80. The van der Waals surface area contributed by atoms with E-state index in [9.17, 15) is 9.59 Å². The number of carbonyl (C=O) groups is 2. The van der Waals surface area contributed by atoms with Crippen LogP contribution in [0.4, 0.5) is 5.69 Å². The molecule has 6 nitrogen and oxygen atoms in total. The molecule has 0 spiro atoms. The van der Waals surface area contributed by atoms with Crippen molar-refractivity contribution in [3.63, 3.8) is 0 Å². The van der Waals surface area contributed by atoms with Gasteiger partial charge in [0, 0.05) is 17.3 Å². The highest BCUT2D eigenvalue weighted by Crippen LogP contribution is 2.18. The topological polar surface area (TPSA) is 76.7 Å². The Bertz CT molecular complexity index is 1030. The van der Waals surface area contributed by atoms with Crippen LogP contribution < -0.4 is 20.1 Å². The maximum atomic E-state index is 12.5. The standard InChI is InChI=1S/C25H26N2O4/c1-17-7-9-19(10-8-17)18(2)26-25(29)20-11-13-22(14-12-20)31-16-24(28)27-21-5-4-6-23(15-21)30-3/h4-15,18H,16H2,1-3H3,(H,26,29)(H,27,28). The molecular formula is C25H26N2O4. The third-order valence-corrected chi connectivity index (χ3v) is 4.76. The van der Waals surface area contributed by atoms with Gasteiger partial charge in [-0.3, -0.25) is 9.59 Å². The fourth-order valence-corrected chi connectivity index (χ4v) is 2.97. The van der Waals surface area contributed by atoms with Crippen molar-refractivity contribution in [2.75, 3.05) is 19.0 Å². The molecule has 3 aromatic carbocycles. The van der Waals surface area contributed by atoms with Crippen LogP contribution in [0.2, 0.25) is 0 Å². The second-order valence-electron chi connectivity index (χ2n) is 7.20. The smallest absolute Gasteiger partial charge is 0.262 e. The molecule has 2 N–H and O–H groups in total. The van der Waals surface area contributed by atoms with Gasteiger partial charge in [-0.15, -0.1) is 0 Å². The molecule has 160 valence electrons. The van der Waals surface area contributed by atoms with E-state index in [1.165, 1.54) is 5.56 Å². The highest BCUT2D eigenvalue weighted by atomic mass is 16.5. The maximum absolute atomic E-state index is 12.5. The first-order valence-electron chi connectivity index (χ1n) is 9.99. The SMILES string of the molecule is COc1cccc(NC(=O)COc2ccc(C(=O)NC(C)c3ccc(C)cc3)cc2)c1. The molecule has 0 aromatic heterocycles. The van der Waals surface area contributed by atoms with E-state index < -0.39 is 0 Å². The number of nitrogens with one attached hydrogen (secondary N) is 2. The minimum atomic E-state index is -0.290. The third kappa shape index (κ3) is 6.34. The maximum Gasteiger partial charge on any atom is 0.262 e. The molecule has 0 heterocycles. The lowest BCUT2D eigenvalue weighted by Gasteiger charge is -2.15. The molecule has 3 aromatic rings. The molecule has 6 heteroatoms. The van der Waals surface area contributed by atoms with Gasteiger partial charge in [0.1, 0.15) is 11.5 Å². The van der Waals surface area contributed by atoms with Gasteiger partial charge in [-0.2, -0.15) is 0 Å². The fraction of sp³-hybridized carbons (Fsp3) is 0.200. The van der Waals surface area contributed by atoms with Crippen LogP contribution in [-0.2, 0) is 4.79 Å². The van der Waals surface area contributed by atoms with Crippen molar-refractivity contribution in [1.29, 1.82) is 0 Å². The van der Waals surface area contributed by atoms with Crippen molar-refractivity contribution in [2.45, 2.75) is 19.9 Å². The van der Waals surface area contributed by atoms with Crippen LogP contribution in [0.15, 0.2) is 72.8 Å². The monoisotopic (exact) mass is 418 g/mol. The van der Waals surface area contributed by atoms with Crippen molar-refractivity contribution >= 4 is 17.5 Å². The van der Waals surface area contributed by atoms with Crippen LogP contribution in [0.25, 0.3) is 0 Å². The number of rotatable bonds is 8. The van der Waals surface area contributed by atoms with Gasteiger partial charge in [0.05, 0.1) is 13.2 Å². The molecule has 2 amide bonds. The number of benzene rings is 3. The lowest BCUT2D eigenvalue weighted by Crippen LogP contribution is -2.26. The summed E-state index contributed by atoms with van der Waals surface area (Å²) in [5.41, 5.74) is 3.37. The van der Waals surface area contributed by atoms with Crippen molar-refractivity contribution < 1.29 is 19.1 Å². The van der Waals surface area contributed by atoms with Crippen molar-refractivity contribution in [2.24, 2.45) is 0 Å². The Kier molecular flexibility index (Phi) is 7.27. The van der Waals surface area contributed by atoms with Gasteiger partial charge in [-0.1, -0.05) is 35.9 Å². The van der Waals surface area contributed by atoms with Crippen molar-refractivity contribution in [1.82, 2.24) is 5.32 Å². The summed E-state index contributed by atoms with van der Waals surface area (Å²) in [5, 5.41) is 5.73. The summed E-state index contributed by atoms with van der Waals surface area (Å²) < 4.78 is 10.7. The molecule has 0 aliphatic rings. The molecule has 0 bridgehead atoms. The van der Waals surface area contributed by atoms with Crippen LogP contribution in [0.1, 0.15) is 34.5 Å². The van der Waals surface area contributed by atoms with E-state index in [-0.39, 0.29) is 24.5 Å². The summed E-state index contributed by atoms with van der Waals surface area (Å²) in [6, 6.07) is 21.7. The highest BCUT2D eigenvalue weighted by Gasteiger charge is 2.12. The van der Waals surface area contributed by atoms with Gasteiger partial charge < -0.3 is 20.1 Å². The third-order valence-electron chi connectivity index (χ3n) is 4.76. The minimum Gasteiger partial charge on any atom is -0.497 e.